The Morgan fingerprint density at radius 2 is 1.37 bits per heavy atom. The molecular formula is C38H49F9O7. The molecule has 0 N–H and O–H groups in total. The Morgan fingerprint density at radius 3 is 1.96 bits per heavy atom. The van der Waals surface area contributed by atoms with Crippen LogP contribution in [0.15, 0.2) is 42.5 Å². The van der Waals surface area contributed by atoms with Gasteiger partial charge in [0.2, 0.25) is 0 Å². The third-order valence-corrected chi connectivity index (χ3v) is 9.79. The number of carbonyl (C=O) groups excluding carboxylic acids is 1. The monoisotopic (exact) mass is 788 g/mol. The summed E-state index contributed by atoms with van der Waals surface area (Å²) < 4.78 is 152. The molecule has 0 aliphatic carbocycles. The molecule has 1 heterocycles. The lowest BCUT2D eigenvalue weighted by Crippen LogP contribution is -2.60. The highest BCUT2D eigenvalue weighted by Gasteiger charge is 2.81. The number of rotatable bonds is 23. The molecule has 306 valence electrons. The number of ether oxygens (including phenoxy) is 6. The molecule has 7 nitrogen and oxygen atoms in total. The van der Waals surface area contributed by atoms with Crippen LogP contribution in [0.5, 0.6) is 17.2 Å². The highest BCUT2D eigenvalue weighted by molar-refractivity contribution is 5.72. The van der Waals surface area contributed by atoms with E-state index in [0.29, 0.717) is 37.4 Å². The van der Waals surface area contributed by atoms with Gasteiger partial charge in [-0.1, -0.05) is 63.6 Å². The Hall–Kier alpha value is -3.40. The lowest BCUT2D eigenvalue weighted by Gasteiger charge is -2.43. The second kappa shape index (κ2) is 19.5. The second-order valence-corrected chi connectivity index (χ2v) is 13.6. The molecule has 16 heteroatoms. The first-order valence-electron chi connectivity index (χ1n) is 17.8. The predicted molar refractivity (Wildman–Crippen MR) is 181 cm³/mol. The first-order chi connectivity index (χ1) is 25.4. The summed E-state index contributed by atoms with van der Waals surface area (Å²) in [6.07, 6.45) is -5.31. The van der Waals surface area contributed by atoms with Crippen LogP contribution < -0.4 is 14.2 Å². The van der Waals surface area contributed by atoms with Crippen molar-refractivity contribution < 1.29 is 72.7 Å². The van der Waals surface area contributed by atoms with E-state index in [1.807, 2.05) is 42.5 Å². The van der Waals surface area contributed by atoms with Gasteiger partial charge in [-0.25, -0.2) is 0 Å². The van der Waals surface area contributed by atoms with E-state index in [4.69, 9.17) is 28.4 Å². The van der Waals surface area contributed by atoms with Crippen molar-refractivity contribution >= 4 is 5.97 Å². The van der Waals surface area contributed by atoms with Crippen LogP contribution >= 0.6 is 0 Å². The summed E-state index contributed by atoms with van der Waals surface area (Å²) in [4.78, 5) is 12.4. The first-order valence-corrected chi connectivity index (χ1v) is 17.8. The van der Waals surface area contributed by atoms with E-state index >= 15 is 0 Å². The zero-order chi connectivity index (χ0) is 40.2. The molecule has 0 radical (unpaired) electrons. The summed E-state index contributed by atoms with van der Waals surface area (Å²) in [5.41, 5.74) is 1.70. The summed E-state index contributed by atoms with van der Waals surface area (Å²) in [7, 11) is 3.07. The molecule has 54 heavy (non-hydrogen) atoms. The lowest BCUT2D eigenvalue weighted by atomic mass is 9.66. The zero-order valence-electron chi connectivity index (χ0n) is 30.9. The molecule has 0 aromatic heterocycles. The van der Waals surface area contributed by atoms with Crippen LogP contribution in [-0.4, -0.2) is 70.9 Å². The Balaban J connectivity index is 1.59. The average Bonchev–Trinajstić information content (AvgIpc) is 3.12. The van der Waals surface area contributed by atoms with Gasteiger partial charge in [-0.2, -0.15) is 39.5 Å². The van der Waals surface area contributed by atoms with Crippen molar-refractivity contribution in [3.8, 4) is 17.2 Å². The maximum Gasteiger partial charge on any atom is 0.460 e. The van der Waals surface area contributed by atoms with Crippen LogP contribution in [0.4, 0.5) is 39.5 Å². The fraction of sp³-hybridized carbons (Fsp3) is 0.658. The van der Waals surface area contributed by atoms with Crippen LogP contribution in [0.25, 0.3) is 0 Å². The van der Waals surface area contributed by atoms with Gasteiger partial charge in [0.05, 0.1) is 19.1 Å². The van der Waals surface area contributed by atoms with Gasteiger partial charge in [0, 0.05) is 38.0 Å². The largest absolute Gasteiger partial charge is 0.492 e. The van der Waals surface area contributed by atoms with E-state index in [2.05, 4.69) is 6.92 Å². The van der Waals surface area contributed by atoms with E-state index in [0.717, 1.165) is 42.6 Å². The number of carbonyl (C=O) groups is 1. The first kappa shape index (κ1) is 45.0. The number of hydrogen-bond donors (Lipinski definition) is 0. The molecule has 0 saturated heterocycles. The zero-order valence-corrected chi connectivity index (χ0v) is 30.9. The van der Waals surface area contributed by atoms with Crippen LogP contribution in [0.1, 0.15) is 95.1 Å². The number of unbranched alkanes of at least 4 members (excludes halogenated alkanes) is 5. The van der Waals surface area contributed by atoms with Crippen LogP contribution in [0, 0.1) is 5.92 Å². The third-order valence-electron chi connectivity index (χ3n) is 9.79. The fourth-order valence-corrected chi connectivity index (χ4v) is 6.64. The molecule has 3 atom stereocenters. The molecule has 3 rings (SSSR count). The molecule has 0 amide bonds. The summed E-state index contributed by atoms with van der Waals surface area (Å²) in [6, 6.07) is 13.5. The number of esters is 1. The van der Waals surface area contributed by atoms with Crippen molar-refractivity contribution in [3.63, 3.8) is 0 Å². The van der Waals surface area contributed by atoms with Gasteiger partial charge in [0.25, 0.3) is 0 Å². The summed E-state index contributed by atoms with van der Waals surface area (Å²) in [5, 5.41) is 0. The summed E-state index contributed by atoms with van der Waals surface area (Å²) in [5.74, 6) is -19.7. The topological polar surface area (TPSA) is 72.5 Å². The lowest BCUT2D eigenvalue weighted by molar-refractivity contribution is -0.396. The Bertz CT molecular complexity index is 1450. The normalized spacial score (nSPS) is 18.4. The maximum atomic E-state index is 14.2. The molecule has 1 aliphatic rings. The summed E-state index contributed by atoms with van der Waals surface area (Å²) >= 11 is 0. The van der Waals surface area contributed by atoms with Crippen molar-refractivity contribution in [3.05, 3.63) is 53.6 Å². The molecule has 0 spiro atoms. The molecule has 2 aromatic rings. The van der Waals surface area contributed by atoms with Crippen molar-refractivity contribution in [1.82, 2.24) is 0 Å². The van der Waals surface area contributed by atoms with Crippen molar-refractivity contribution in [2.24, 2.45) is 5.92 Å². The molecule has 3 unspecified atom stereocenters. The highest BCUT2D eigenvalue weighted by Crippen LogP contribution is 2.55. The van der Waals surface area contributed by atoms with Gasteiger partial charge in [0.1, 0.15) is 17.2 Å². The fourth-order valence-electron chi connectivity index (χ4n) is 6.64. The molecule has 1 aliphatic heterocycles. The Morgan fingerprint density at radius 1 is 0.796 bits per heavy atom. The number of alkyl halides is 9. The van der Waals surface area contributed by atoms with Gasteiger partial charge < -0.3 is 28.4 Å². The quantitative estimate of drug-likeness (QED) is 0.0481. The maximum absolute atomic E-state index is 14.2. The van der Waals surface area contributed by atoms with E-state index in [-0.39, 0.29) is 32.5 Å². The molecule has 0 fully saturated rings. The minimum Gasteiger partial charge on any atom is -0.492 e. The number of fused-ring (bicyclic) bond motifs is 1. The Labute approximate surface area is 309 Å². The van der Waals surface area contributed by atoms with Gasteiger partial charge in [-0.05, 0) is 55.5 Å². The van der Waals surface area contributed by atoms with Gasteiger partial charge in [-0.3, -0.25) is 4.79 Å². The van der Waals surface area contributed by atoms with Gasteiger partial charge in [0.15, 0.2) is 13.6 Å². The molecule has 0 bridgehead atoms. The van der Waals surface area contributed by atoms with E-state index in [1.54, 1.807) is 0 Å². The number of halogens is 9. The smallest absolute Gasteiger partial charge is 0.460 e. The number of methoxy groups -OCH3 is 2. The van der Waals surface area contributed by atoms with E-state index < -0.39 is 54.1 Å². The SMILES string of the molecule is CCOC(=O)C(CCCCCCCCC1c2ccc(OCOC)cc2OCC1(C)c1ccc(OCOC)cc1)CCC(F)(F)C(F)(F)C(F)(F)C(F)(F)F. The van der Waals surface area contributed by atoms with Crippen molar-refractivity contribution in [2.75, 3.05) is 41.0 Å². The van der Waals surface area contributed by atoms with Crippen molar-refractivity contribution in [1.29, 1.82) is 0 Å². The standard InChI is InChI=1S/C38H49F9O7/c1-5-51-33(48)26(20-21-35(39,40)36(41,42)37(43,44)38(45,46)47)12-10-8-6-7-9-11-13-31-30-19-18-29(54-25-50-4)22-32(30)52-23-34(31,2)27-14-16-28(17-15-27)53-24-49-3/h14-19,22,26,31H,5-13,20-21,23-25H2,1-4H3. The van der Waals surface area contributed by atoms with Crippen LogP contribution in [0.2, 0.25) is 0 Å². The number of hydrogen-bond acceptors (Lipinski definition) is 7. The van der Waals surface area contributed by atoms with Crippen LogP contribution in [0.3, 0.4) is 0 Å². The van der Waals surface area contributed by atoms with Crippen LogP contribution in [-0.2, 0) is 24.4 Å². The summed E-state index contributed by atoms with van der Waals surface area (Å²) in [6.45, 7) is 4.02. The average molecular weight is 789 g/mol. The minimum atomic E-state index is -6.97. The Kier molecular flexibility index (Phi) is 16.2. The van der Waals surface area contributed by atoms with E-state index in [9.17, 15) is 44.3 Å². The minimum absolute atomic E-state index is 0.0652. The van der Waals surface area contributed by atoms with Gasteiger partial charge >= 0.3 is 29.9 Å². The third kappa shape index (κ3) is 10.9. The number of benzene rings is 2. The molecule has 2 aromatic carbocycles. The molecule has 0 saturated carbocycles. The second-order valence-electron chi connectivity index (χ2n) is 13.6. The van der Waals surface area contributed by atoms with Gasteiger partial charge in [-0.15, -0.1) is 0 Å². The molecular weight excluding hydrogens is 739 g/mol. The highest BCUT2D eigenvalue weighted by atomic mass is 19.4. The van der Waals surface area contributed by atoms with E-state index in [1.165, 1.54) is 21.1 Å². The van der Waals surface area contributed by atoms with Crippen molar-refractivity contribution in [2.45, 2.75) is 113 Å². The predicted octanol–water partition coefficient (Wildman–Crippen LogP) is 10.6.